The molecule has 1 aliphatic heterocycles. The zero-order valence-corrected chi connectivity index (χ0v) is 38.9. The van der Waals surface area contributed by atoms with Crippen LogP contribution in [0.1, 0.15) is 104 Å². The topological polar surface area (TPSA) is 237 Å². The summed E-state index contributed by atoms with van der Waals surface area (Å²) in [6.45, 7) is 12.0. The summed E-state index contributed by atoms with van der Waals surface area (Å²) in [5, 5.41) is 12.0. The molecule has 0 saturated heterocycles. The van der Waals surface area contributed by atoms with Crippen LogP contribution < -0.4 is 27.3 Å². The smallest absolute Gasteiger partial charge is 0.226 e. The number of nitrogens with one attached hydrogen (secondary N) is 1. The molecule has 15 heteroatoms. The van der Waals surface area contributed by atoms with E-state index in [2.05, 4.69) is 26.1 Å². The van der Waals surface area contributed by atoms with Crippen LogP contribution in [0.3, 0.4) is 0 Å². The predicted octanol–water partition coefficient (Wildman–Crippen LogP) is 6.00. The van der Waals surface area contributed by atoms with Gasteiger partial charge in [0.05, 0.1) is 29.1 Å². The molecule has 64 heavy (non-hydrogen) atoms. The zero-order valence-electron chi connectivity index (χ0n) is 37.9. The molecular formula is C49H62N8O6S. The molecule has 0 radical (unpaired) electrons. The molecule has 0 aliphatic carbocycles. The van der Waals surface area contributed by atoms with Crippen LogP contribution in [0.15, 0.2) is 60.7 Å². The van der Waals surface area contributed by atoms with Crippen LogP contribution >= 0.6 is 13.5 Å². The summed E-state index contributed by atoms with van der Waals surface area (Å²) in [6, 6.07) is 18.2. The standard InChI is InChI=1S/C49H60N8O6.H2S/c1-28-23-42(60)45(33-13-17-43(63-22-21-52)37(26-33)36-24-31(10-16-38(36)53)25-39(56-47(28)61)40(58)9-8-19-50)57(7)48(62)34(18-20-51)27-41(59)44-29(2)54-46(55-30(44)3)32-11-14-35(15-12-32)49(4,5)6;/h10-17,24,26,28,34,39,45H,8-9,18,20-23,25,27,51-53H2,1-7H3,(H,56,61);1H2/t28-,34-,39+,45+;/m1./s1. The van der Waals surface area contributed by atoms with Gasteiger partial charge in [-0.1, -0.05) is 64.1 Å². The van der Waals surface area contributed by atoms with Crippen LogP contribution in [-0.2, 0) is 31.0 Å². The molecule has 1 aromatic heterocycles. The fraction of sp³-hybridized carbons (Fsp3) is 0.429. The Labute approximate surface area is 383 Å². The molecule has 2 amide bonds. The second kappa shape index (κ2) is 22.1. The lowest BCUT2D eigenvalue weighted by molar-refractivity contribution is -0.142. The van der Waals surface area contributed by atoms with E-state index in [1.54, 1.807) is 57.2 Å². The number of nitrogens with zero attached hydrogens (tertiary/aromatic N) is 4. The highest BCUT2D eigenvalue weighted by atomic mass is 32.1. The van der Waals surface area contributed by atoms with Crippen molar-refractivity contribution < 1.29 is 28.7 Å². The summed E-state index contributed by atoms with van der Waals surface area (Å²) in [6.07, 6.45) is -0.333. The molecule has 4 bridgehead atoms. The van der Waals surface area contributed by atoms with Gasteiger partial charge in [0, 0.05) is 73.5 Å². The number of fused-ring (bicyclic) bond motifs is 5. The van der Waals surface area contributed by atoms with Crippen molar-refractivity contribution >= 4 is 48.3 Å². The van der Waals surface area contributed by atoms with Gasteiger partial charge in [0.15, 0.2) is 23.2 Å². The molecular weight excluding hydrogens is 829 g/mol. The van der Waals surface area contributed by atoms with E-state index >= 15 is 0 Å². The Balaban J connectivity index is 0.00000898. The average Bonchev–Trinajstić information content (AvgIpc) is 3.24. The molecule has 1 aliphatic rings. The minimum atomic E-state index is -1.22. The van der Waals surface area contributed by atoms with Crippen LogP contribution in [0.25, 0.3) is 22.5 Å². The minimum absolute atomic E-state index is 0. The highest BCUT2D eigenvalue weighted by Crippen LogP contribution is 2.39. The van der Waals surface area contributed by atoms with Crippen LogP contribution in [0.4, 0.5) is 5.69 Å². The average molecular weight is 891 g/mol. The number of benzene rings is 3. The molecule has 0 saturated carbocycles. The summed E-state index contributed by atoms with van der Waals surface area (Å²) in [4.78, 5) is 81.3. The number of Topliss-reactive ketones (excluding diaryl/α,β-unsaturated/α-hetero) is 3. The third-order valence-electron chi connectivity index (χ3n) is 11.6. The maximum Gasteiger partial charge on any atom is 0.226 e. The Kier molecular flexibility index (Phi) is 17.5. The third kappa shape index (κ3) is 12.0. The Morgan fingerprint density at radius 3 is 2.23 bits per heavy atom. The number of anilines is 1. The molecule has 0 unspecified atom stereocenters. The molecule has 340 valence electrons. The van der Waals surface area contributed by atoms with E-state index in [1.807, 2.05) is 30.3 Å². The van der Waals surface area contributed by atoms with E-state index in [0.29, 0.717) is 56.5 Å². The number of ether oxygens (including phenoxy) is 1. The highest BCUT2D eigenvalue weighted by Gasteiger charge is 2.36. The van der Waals surface area contributed by atoms with Gasteiger partial charge in [-0.05, 0) is 79.6 Å². The normalized spacial score (nSPS) is 16.9. The largest absolute Gasteiger partial charge is 0.492 e. The van der Waals surface area contributed by atoms with Gasteiger partial charge in [-0.2, -0.15) is 18.8 Å². The molecule has 14 nitrogen and oxygen atoms in total. The summed E-state index contributed by atoms with van der Waals surface area (Å²) in [5.41, 5.74) is 24.2. The van der Waals surface area contributed by atoms with E-state index in [9.17, 15) is 29.2 Å². The van der Waals surface area contributed by atoms with E-state index in [-0.39, 0.29) is 88.7 Å². The predicted molar refractivity (Wildman–Crippen MR) is 253 cm³/mol. The highest BCUT2D eigenvalue weighted by molar-refractivity contribution is 7.59. The number of nitrogens with two attached hydrogens (primary N) is 3. The van der Waals surface area contributed by atoms with Gasteiger partial charge < -0.3 is 32.2 Å². The SMILES string of the molecule is Cc1nc(-c2ccc(C(C)(C)C)cc2)nc(C)c1C(=O)C[C@@H](CCN)C(=O)N(C)[C@@H]1C(=O)C[C@@H](C)C(=O)N[C@H](C(=O)CCC#N)Cc2ccc(N)c(c2)-c2cc1ccc2OCCN.S. The summed E-state index contributed by atoms with van der Waals surface area (Å²) >= 11 is 0. The van der Waals surface area contributed by atoms with E-state index in [1.165, 1.54) is 17.5 Å². The Bertz CT molecular complexity index is 2380. The number of hydrogen-bond donors (Lipinski definition) is 4. The lowest BCUT2D eigenvalue weighted by Crippen LogP contribution is -2.46. The number of likely N-dealkylation sites (N-methyl/N-ethyl adjacent to an activating group) is 1. The van der Waals surface area contributed by atoms with E-state index in [0.717, 1.165) is 5.56 Å². The number of nitriles is 1. The van der Waals surface area contributed by atoms with Gasteiger partial charge in [0.1, 0.15) is 18.4 Å². The molecule has 0 spiro atoms. The van der Waals surface area contributed by atoms with Gasteiger partial charge >= 0.3 is 0 Å². The second-order valence-electron chi connectivity index (χ2n) is 17.4. The number of hydrogen-bond acceptors (Lipinski definition) is 12. The molecule has 3 aromatic carbocycles. The minimum Gasteiger partial charge on any atom is -0.492 e. The molecule has 4 atom stereocenters. The first kappa shape index (κ1) is 50.7. The van der Waals surface area contributed by atoms with Crippen molar-refractivity contribution in [1.82, 2.24) is 20.2 Å². The molecule has 0 fully saturated rings. The first-order valence-corrected chi connectivity index (χ1v) is 21.4. The van der Waals surface area contributed by atoms with Gasteiger partial charge in [-0.15, -0.1) is 0 Å². The Morgan fingerprint density at radius 2 is 1.62 bits per heavy atom. The number of carbonyl (C=O) groups is 5. The number of aromatic nitrogens is 2. The monoisotopic (exact) mass is 890 g/mol. The fourth-order valence-electron chi connectivity index (χ4n) is 8.09. The molecule has 2 heterocycles. The lowest BCUT2D eigenvalue weighted by Gasteiger charge is -2.32. The zero-order chi connectivity index (χ0) is 46.2. The van der Waals surface area contributed by atoms with Gasteiger partial charge in [0.25, 0.3) is 0 Å². The molecule has 7 N–H and O–H groups in total. The lowest BCUT2D eigenvalue weighted by atomic mass is 9.86. The number of rotatable bonds is 14. The first-order valence-electron chi connectivity index (χ1n) is 21.4. The van der Waals surface area contributed by atoms with Crippen LogP contribution in [0.5, 0.6) is 5.75 Å². The van der Waals surface area contributed by atoms with Crippen LogP contribution in [0.2, 0.25) is 0 Å². The number of aryl methyl sites for hydroxylation is 2. The van der Waals surface area contributed by atoms with Crippen molar-refractivity contribution in [1.29, 1.82) is 5.26 Å². The summed E-state index contributed by atoms with van der Waals surface area (Å²) in [7, 11) is 1.50. The molecule has 5 rings (SSSR count). The van der Waals surface area contributed by atoms with Crippen LogP contribution in [-0.4, -0.2) is 76.8 Å². The van der Waals surface area contributed by atoms with Crippen molar-refractivity contribution in [2.45, 2.75) is 97.6 Å². The van der Waals surface area contributed by atoms with Gasteiger partial charge in [-0.25, -0.2) is 9.97 Å². The number of carbonyl (C=O) groups excluding carboxylic acids is 5. The molecule has 4 aromatic rings. The van der Waals surface area contributed by atoms with Crippen molar-refractivity contribution in [3.8, 4) is 34.3 Å². The summed E-state index contributed by atoms with van der Waals surface area (Å²) < 4.78 is 6.07. The second-order valence-corrected chi connectivity index (χ2v) is 17.4. The number of ketones is 3. The fourth-order valence-corrected chi connectivity index (χ4v) is 8.09. The third-order valence-corrected chi connectivity index (χ3v) is 11.6. The maximum atomic E-state index is 14.7. The number of amides is 2. The van der Waals surface area contributed by atoms with Crippen molar-refractivity contribution in [2.24, 2.45) is 23.3 Å². The first-order chi connectivity index (χ1) is 29.9. The quantitative estimate of drug-likeness (QED) is 0.0842. The Hall–Kier alpha value is -5.95. The van der Waals surface area contributed by atoms with Gasteiger partial charge in [-0.3, -0.25) is 24.0 Å². The van der Waals surface area contributed by atoms with Gasteiger partial charge in [0.2, 0.25) is 11.8 Å². The van der Waals surface area contributed by atoms with Crippen molar-refractivity contribution in [2.75, 3.05) is 32.5 Å². The van der Waals surface area contributed by atoms with Crippen LogP contribution in [0, 0.1) is 37.0 Å². The van der Waals surface area contributed by atoms with E-state index < -0.39 is 41.5 Å². The number of nitrogen functional groups attached to an aromatic ring is 1. The summed E-state index contributed by atoms with van der Waals surface area (Å²) in [5.74, 6) is -3.05. The Morgan fingerprint density at radius 1 is 0.953 bits per heavy atom. The van der Waals surface area contributed by atoms with E-state index in [4.69, 9.17) is 31.9 Å². The van der Waals surface area contributed by atoms with Crippen molar-refractivity contribution in [3.63, 3.8) is 0 Å². The van der Waals surface area contributed by atoms with Crippen molar-refractivity contribution in [3.05, 3.63) is 94.3 Å². The maximum absolute atomic E-state index is 14.7.